The van der Waals surface area contributed by atoms with Crippen LogP contribution in [-0.2, 0) is 16.6 Å². The monoisotopic (exact) mass is 222 g/mol. The van der Waals surface area contributed by atoms with Gasteiger partial charge in [0.15, 0.2) is 0 Å². The molecule has 4 heteroatoms. The predicted molar refractivity (Wildman–Crippen MR) is 58.9 cm³/mol. The molecule has 3 nitrogen and oxygen atoms in total. The fourth-order valence-corrected chi connectivity index (χ4v) is 1.93. The number of carbonyl (C=O) groups is 1. The number of carboxylic acids is 1. The third-order valence-corrected chi connectivity index (χ3v) is 2.92. The molecule has 1 N–H and O–H groups in total. The Morgan fingerprint density at radius 3 is 2.47 bits per heavy atom. The quantitative estimate of drug-likeness (QED) is 0.780. The Balaban J connectivity index is 2.69. The van der Waals surface area contributed by atoms with Crippen LogP contribution in [0.3, 0.4) is 0 Å². The Bertz CT molecular complexity index is 414. The van der Waals surface area contributed by atoms with Crippen molar-refractivity contribution >= 4 is 16.8 Å². The highest BCUT2D eigenvalue weighted by Gasteiger charge is 2.03. The Hall–Kier alpha value is -1.60. The molecule has 0 bridgehead atoms. The van der Waals surface area contributed by atoms with Crippen molar-refractivity contribution in [1.82, 2.24) is 0 Å². The van der Waals surface area contributed by atoms with Crippen molar-refractivity contribution in [3.05, 3.63) is 35.4 Å². The largest absolute Gasteiger partial charge is 0.478 e. The van der Waals surface area contributed by atoms with Crippen molar-refractivity contribution in [1.29, 1.82) is 0 Å². The molecule has 0 heterocycles. The first-order valence-electron chi connectivity index (χ1n) is 4.24. The predicted octanol–water partition coefficient (Wildman–Crippen LogP) is 1.27. The van der Waals surface area contributed by atoms with Crippen LogP contribution in [0.4, 0.5) is 0 Å². The summed E-state index contributed by atoms with van der Waals surface area (Å²) in [5.41, 5.74) is 1.05. The first-order valence-corrected chi connectivity index (χ1v) is 5.73. The second-order valence-corrected chi connectivity index (χ2v) is 4.39. The highest BCUT2D eigenvalue weighted by Crippen LogP contribution is 2.06. The molecular weight excluding hydrogens is 212 g/mol. The van der Waals surface area contributed by atoms with E-state index < -0.39 is 16.8 Å². The molecule has 0 aliphatic rings. The number of terminal acetylenes is 1. The summed E-state index contributed by atoms with van der Waals surface area (Å²) in [6, 6.07) is 6.28. The van der Waals surface area contributed by atoms with Gasteiger partial charge >= 0.3 is 5.97 Å². The zero-order valence-corrected chi connectivity index (χ0v) is 8.79. The number of aromatic carboxylic acids is 1. The van der Waals surface area contributed by atoms with Gasteiger partial charge in [-0.15, -0.1) is 6.42 Å². The molecule has 15 heavy (non-hydrogen) atoms. The average molecular weight is 222 g/mol. The van der Waals surface area contributed by atoms with Crippen LogP contribution in [0.5, 0.6) is 0 Å². The van der Waals surface area contributed by atoms with Crippen LogP contribution in [0.15, 0.2) is 24.3 Å². The molecule has 1 aromatic carbocycles. The lowest BCUT2D eigenvalue weighted by atomic mass is 10.1. The summed E-state index contributed by atoms with van der Waals surface area (Å²) in [5, 5.41) is 8.66. The molecule has 0 saturated heterocycles. The molecule has 0 spiro atoms. The molecule has 78 valence electrons. The number of hydrogen-bond acceptors (Lipinski definition) is 2. The van der Waals surface area contributed by atoms with Crippen molar-refractivity contribution in [2.75, 3.05) is 5.75 Å². The minimum Gasteiger partial charge on any atom is -0.478 e. The summed E-state index contributed by atoms with van der Waals surface area (Å²) < 4.78 is 11.3. The zero-order valence-electron chi connectivity index (χ0n) is 7.97. The van der Waals surface area contributed by atoms with E-state index in [1.54, 1.807) is 12.1 Å². The third kappa shape index (κ3) is 3.56. The van der Waals surface area contributed by atoms with Gasteiger partial charge < -0.3 is 5.11 Å². The van der Waals surface area contributed by atoms with Crippen LogP contribution in [-0.4, -0.2) is 21.0 Å². The first kappa shape index (κ1) is 11.5. The van der Waals surface area contributed by atoms with E-state index in [4.69, 9.17) is 11.5 Å². The highest BCUT2D eigenvalue weighted by atomic mass is 32.2. The maximum Gasteiger partial charge on any atom is 0.335 e. The lowest BCUT2D eigenvalue weighted by Crippen LogP contribution is -2.00. The lowest BCUT2D eigenvalue weighted by Gasteiger charge is -2.00. The van der Waals surface area contributed by atoms with Crippen LogP contribution in [0.1, 0.15) is 15.9 Å². The lowest BCUT2D eigenvalue weighted by molar-refractivity contribution is 0.0697. The molecule has 0 saturated carbocycles. The smallest absolute Gasteiger partial charge is 0.335 e. The summed E-state index contributed by atoms with van der Waals surface area (Å²) in [6.07, 6.45) is 5.03. The highest BCUT2D eigenvalue weighted by molar-refractivity contribution is 7.84. The zero-order chi connectivity index (χ0) is 11.3. The molecule has 0 amide bonds. The SMILES string of the molecule is C#CCS(=O)Cc1ccc(C(=O)O)cc1. The van der Waals surface area contributed by atoms with E-state index in [-0.39, 0.29) is 11.3 Å². The van der Waals surface area contributed by atoms with Gasteiger partial charge in [0.1, 0.15) is 0 Å². The van der Waals surface area contributed by atoms with Crippen LogP contribution in [0.2, 0.25) is 0 Å². The summed E-state index contributed by atoms with van der Waals surface area (Å²) in [7, 11) is -1.07. The second-order valence-electron chi connectivity index (χ2n) is 2.93. The molecule has 0 fully saturated rings. The van der Waals surface area contributed by atoms with Gasteiger partial charge in [0.25, 0.3) is 0 Å². The summed E-state index contributed by atoms with van der Waals surface area (Å²) >= 11 is 0. The second kappa shape index (κ2) is 5.32. The normalized spacial score (nSPS) is 11.7. The van der Waals surface area contributed by atoms with Gasteiger partial charge in [-0.2, -0.15) is 0 Å². The van der Waals surface area contributed by atoms with Crippen molar-refractivity contribution in [2.24, 2.45) is 0 Å². The minimum atomic E-state index is -1.07. The van der Waals surface area contributed by atoms with Gasteiger partial charge in [0, 0.05) is 16.6 Å². The number of carboxylic acid groups (broad SMARTS) is 1. The molecule has 1 aromatic rings. The number of rotatable bonds is 4. The Kier molecular flexibility index (Phi) is 4.07. The van der Waals surface area contributed by atoms with E-state index in [0.29, 0.717) is 5.75 Å². The third-order valence-electron chi connectivity index (χ3n) is 1.77. The van der Waals surface area contributed by atoms with Crippen LogP contribution >= 0.6 is 0 Å². The Morgan fingerprint density at radius 2 is 2.00 bits per heavy atom. The fraction of sp³-hybridized carbons (Fsp3) is 0.182. The topological polar surface area (TPSA) is 54.4 Å². The number of benzene rings is 1. The molecule has 0 radical (unpaired) electrons. The molecule has 0 aliphatic carbocycles. The Labute approximate surface area is 90.6 Å². The van der Waals surface area contributed by atoms with E-state index in [0.717, 1.165) is 5.56 Å². The van der Waals surface area contributed by atoms with Gasteiger partial charge in [0.05, 0.1) is 11.3 Å². The van der Waals surface area contributed by atoms with E-state index in [1.807, 2.05) is 0 Å². The minimum absolute atomic E-state index is 0.223. The van der Waals surface area contributed by atoms with E-state index in [1.165, 1.54) is 12.1 Å². The van der Waals surface area contributed by atoms with Crippen molar-refractivity contribution in [3.8, 4) is 12.3 Å². The van der Waals surface area contributed by atoms with E-state index in [9.17, 15) is 9.00 Å². The summed E-state index contributed by atoms with van der Waals surface area (Å²) in [5.74, 6) is 1.94. The molecular formula is C11H10O3S. The van der Waals surface area contributed by atoms with Crippen LogP contribution < -0.4 is 0 Å². The van der Waals surface area contributed by atoms with E-state index >= 15 is 0 Å². The summed E-state index contributed by atoms with van der Waals surface area (Å²) in [4.78, 5) is 10.6. The molecule has 1 rings (SSSR count). The first-order chi connectivity index (χ1) is 7.13. The molecule has 1 atom stereocenters. The number of hydrogen-bond donors (Lipinski definition) is 1. The van der Waals surface area contributed by atoms with Crippen molar-refractivity contribution in [2.45, 2.75) is 5.75 Å². The van der Waals surface area contributed by atoms with Crippen molar-refractivity contribution < 1.29 is 14.1 Å². The standard InChI is InChI=1S/C11H10O3S/c1-2-7-15(14)8-9-3-5-10(6-4-9)11(12)13/h1,3-6H,7-8H2,(H,12,13). The van der Waals surface area contributed by atoms with Gasteiger partial charge in [-0.3, -0.25) is 4.21 Å². The average Bonchev–Trinajstić information content (AvgIpc) is 2.18. The van der Waals surface area contributed by atoms with Gasteiger partial charge in [0.2, 0.25) is 0 Å². The van der Waals surface area contributed by atoms with Gasteiger partial charge in [-0.25, -0.2) is 4.79 Å². The molecule has 1 unspecified atom stereocenters. The van der Waals surface area contributed by atoms with E-state index in [2.05, 4.69) is 5.92 Å². The van der Waals surface area contributed by atoms with Gasteiger partial charge in [-0.1, -0.05) is 18.1 Å². The molecule has 0 aromatic heterocycles. The fourth-order valence-electron chi connectivity index (χ4n) is 1.07. The maximum absolute atomic E-state index is 11.3. The van der Waals surface area contributed by atoms with Crippen molar-refractivity contribution in [3.63, 3.8) is 0 Å². The molecule has 0 aliphatic heterocycles. The van der Waals surface area contributed by atoms with Crippen LogP contribution in [0.25, 0.3) is 0 Å². The van der Waals surface area contributed by atoms with Crippen LogP contribution in [0, 0.1) is 12.3 Å². The summed E-state index contributed by atoms with van der Waals surface area (Å²) in [6.45, 7) is 0. The maximum atomic E-state index is 11.3. The Morgan fingerprint density at radius 1 is 1.40 bits per heavy atom. The van der Waals surface area contributed by atoms with Gasteiger partial charge in [-0.05, 0) is 17.7 Å².